The second-order valence-corrected chi connectivity index (χ2v) is 17.0. The maximum absolute atomic E-state index is 14.1. The van der Waals surface area contributed by atoms with Gasteiger partial charge in [-0.1, -0.05) is 65.8 Å². The van der Waals surface area contributed by atoms with Gasteiger partial charge in [-0.3, -0.25) is 0 Å². The number of benzene rings is 4. The number of aryl methyl sites for hydroxylation is 2. The minimum atomic E-state index is -3.99. The largest absolute Gasteiger partial charge is 0.462 e. The van der Waals surface area contributed by atoms with Gasteiger partial charge in [0.15, 0.2) is 0 Å². The Balaban J connectivity index is 1.60. The molecule has 0 amide bonds. The average Bonchev–Trinajstić information content (AvgIpc) is 3.13. The second-order valence-electron chi connectivity index (χ2n) is 13.1. The van der Waals surface area contributed by atoms with Crippen molar-refractivity contribution in [2.24, 2.45) is 0 Å². The number of fused-ring (bicyclic) bond motifs is 5. The number of sulfonamides is 2. The summed E-state index contributed by atoms with van der Waals surface area (Å²) in [5, 5.41) is 0. The maximum Gasteiger partial charge on any atom is 0.338 e. The van der Waals surface area contributed by atoms with Crippen LogP contribution in [0, 0.1) is 13.8 Å². The fourth-order valence-electron chi connectivity index (χ4n) is 6.51. The van der Waals surface area contributed by atoms with E-state index in [1.54, 1.807) is 117 Å². The first-order valence-corrected chi connectivity index (χ1v) is 20.5. The molecule has 3 aliphatic rings. The molecule has 0 N–H and O–H groups in total. The van der Waals surface area contributed by atoms with Crippen LogP contribution in [0.4, 0.5) is 0 Å². The van der Waals surface area contributed by atoms with Crippen molar-refractivity contribution < 1.29 is 35.9 Å². The predicted octanol–water partition coefficient (Wildman–Crippen LogP) is 7.23. The third kappa shape index (κ3) is 8.17. The van der Waals surface area contributed by atoms with Crippen LogP contribution in [-0.4, -0.2) is 63.7 Å². The number of hydrogen-bond acceptors (Lipinski definition) is 8. The second kappa shape index (κ2) is 16.1. The SMILES string of the molecule is CCOC(=O)c1cc2cc(c1)-c1cc3cc(C(=O)OCC)c1C(=C/C=C\C=C/CN(S(=O)(=O)c1ccc(C)cc1)C2)CN(S(=O)(=O)c1ccc(C)cc1)C3. The van der Waals surface area contributed by atoms with E-state index in [-0.39, 0.29) is 60.3 Å². The number of hydrogen-bond donors (Lipinski definition) is 0. The van der Waals surface area contributed by atoms with Gasteiger partial charge in [0.2, 0.25) is 20.0 Å². The summed E-state index contributed by atoms with van der Waals surface area (Å²) in [5.41, 5.74) is 5.33. The number of esters is 2. The molecule has 4 aromatic rings. The van der Waals surface area contributed by atoms with Crippen LogP contribution in [-0.2, 0) is 42.6 Å². The van der Waals surface area contributed by atoms with Crippen LogP contribution in [0.15, 0.2) is 119 Å². The first kappa shape index (κ1) is 38.6. The molecule has 3 heterocycles. The Kier molecular flexibility index (Phi) is 11.5. The van der Waals surface area contributed by atoms with E-state index in [9.17, 15) is 26.4 Å². The lowest BCUT2D eigenvalue weighted by molar-refractivity contribution is 0.0516. The lowest BCUT2D eigenvalue weighted by Crippen LogP contribution is -2.34. The molecule has 0 radical (unpaired) electrons. The monoisotopic (exact) mass is 766 g/mol. The van der Waals surface area contributed by atoms with Gasteiger partial charge in [-0.05, 0) is 110 Å². The normalized spacial score (nSPS) is 16.3. The van der Waals surface area contributed by atoms with Crippen LogP contribution in [0.3, 0.4) is 0 Å². The van der Waals surface area contributed by atoms with Gasteiger partial charge >= 0.3 is 11.9 Å². The zero-order chi connectivity index (χ0) is 38.6. The Morgan fingerprint density at radius 1 is 0.648 bits per heavy atom. The molecule has 0 fully saturated rings. The molecular formula is C42H42N2O8S2. The summed E-state index contributed by atoms with van der Waals surface area (Å²) in [6.07, 6.45) is 8.61. The van der Waals surface area contributed by atoms with E-state index < -0.39 is 32.0 Å². The minimum Gasteiger partial charge on any atom is -0.462 e. The van der Waals surface area contributed by atoms with Crippen LogP contribution in [0.2, 0.25) is 0 Å². The minimum absolute atomic E-state index is 0.0202. The van der Waals surface area contributed by atoms with Crippen molar-refractivity contribution in [3.63, 3.8) is 0 Å². The molecule has 54 heavy (non-hydrogen) atoms. The number of carbonyl (C=O) groups is 2. The van der Waals surface area contributed by atoms with Gasteiger partial charge in [-0.15, -0.1) is 0 Å². The molecule has 6 bridgehead atoms. The zero-order valence-corrected chi connectivity index (χ0v) is 32.2. The molecule has 280 valence electrons. The first-order chi connectivity index (χ1) is 25.8. The van der Waals surface area contributed by atoms with Crippen molar-refractivity contribution in [1.29, 1.82) is 0 Å². The van der Waals surface area contributed by atoms with Crippen molar-refractivity contribution in [2.45, 2.75) is 50.6 Å². The van der Waals surface area contributed by atoms with Crippen molar-refractivity contribution >= 4 is 37.6 Å². The zero-order valence-electron chi connectivity index (χ0n) is 30.6. The van der Waals surface area contributed by atoms with Crippen LogP contribution >= 0.6 is 0 Å². The van der Waals surface area contributed by atoms with Gasteiger partial charge in [-0.2, -0.15) is 8.61 Å². The quantitative estimate of drug-likeness (QED) is 0.172. The van der Waals surface area contributed by atoms with E-state index in [2.05, 4.69) is 0 Å². The molecule has 0 aliphatic carbocycles. The summed E-state index contributed by atoms with van der Waals surface area (Å²) in [7, 11) is -7.98. The molecule has 7 rings (SSSR count). The van der Waals surface area contributed by atoms with Crippen LogP contribution < -0.4 is 0 Å². The number of allylic oxidation sites excluding steroid dienone is 4. The smallest absolute Gasteiger partial charge is 0.338 e. The Hall–Kier alpha value is -5.14. The average molecular weight is 767 g/mol. The van der Waals surface area contributed by atoms with Crippen molar-refractivity contribution in [3.8, 4) is 11.1 Å². The molecule has 4 aromatic carbocycles. The molecule has 12 heteroatoms. The van der Waals surface area contributed by atoms with Gasteiger partial charge < -0.3 is 9.47 Å². The third-order valence-electron chi connectivity index (χ3n) is 9.18. The van der Waals surface area contributed by atoms with E-state index >= 15 is 0 Å². The molecular weight excluding hydrogens is 725 g/mol. The Morgan fingerprint density at radius 2 is 1.22 bits per heavy atom. The highest BCUT2D eigenvalue weighted by Gasteiger charge is 2.33. The molecule has 0 aromatic heterocycles. The van der Waals surface area contributed by atoms with Crippen molar-refractivity contribution in [2.75, 3.05) is 26.3 Å². The summed E-state index contributed by atoms with van der Waals surface area (Å²) >= 11 is 0. The predicted molar refractivity (Wildman–Crippen MR) is 208 cm³/mol. The van der Waals surface area contributed by atoms with Crippen LogP contribution in [0.25, 0.3) is 16.7 Å². The third-order valence-corrected chi connectivity index (χ3v) is 12.8. The lowest BCUT2D eigenvalue weighted by Gasteiger charge is -2.30. The van der Waals surface area contributed by atoms with Gasteiger partial charge in [0.25, 0.3) is 0 Å². The standard InChI is InChI=1S/C42H42N2O8S2/c1-5-51-41(45)35-22-31-21-34(25-35)38-23-32-24-39(42(46)52-6-2)40(38)33(28-44(27-32)54(49,50)37-18-14-30(4)15-19-37)11-9-7-8-10-20-43(26-31)53(47,48)36-16-12-29(3)13-17-36/h7-19,21-25H,5-6,20,26-28H2,1-4H3/b9-7-,10-8-,33-11?. The van der Waals surface area contributed by atoms with E-state index in [0.29, 0.717) is 33.4 Å². The molecule has 10 nitrogen and oxygen atoms in total. The van der Waals surface area contributed by atoms with Gasteiger partial charge in [0.05, 0.1) is 34.1 Å². The Bertz CT molecular complexity index is 2400. The van der Waals surface area contributed by atoms with E-state index in [0.717, 1.165) is 11.1 Å². The van der Waals surface area contributed by atoms with Gasteiger partial charge in [-0.25, -0.2) is 26.4 Å². The lowest BCUT2D eigenvalue weighted by atomic mass is 9.85. The molecule has 0 spiro atoms. The van der Waals surface area contributed by atoms with E-state index in [1.807, 2.05) is 19.9 Å². The Labute approximate surface area is 317 Å². The highest BCUT2D eigenvalue weighted by atomic mass is 32.2. The number of ether oxygens (including phenoxy) is 2. The summed E-state index contributed by atoms with van der Waals surface area (Å²) < 4.78 is 70.1. The van der Waals surface area contributed by atoms with Crippen LogP contribution in [0.5, 0.6) is 0 Å². The molecule has 0 unspecified atom stereocenters. The summed E-state index contributed by atoms with van der Waals surface area (Å²) in [6.45, 7) is 7.19. The first-order valence-electron chi connectivity index (χ1n) is 17.6. The number of nitrogens with zero attached hydrogens (tertiary/aromatic N) is 2. The summed E-state index contributed by atoms with van der Waals surface area (Å²) in [6, 6.07) is 21.8. The Morgan fingerprint density at radius 3 is 1.85 bits per heavy atom. The topological polar surface area (TPSA) is 127 Å². The van der Waals surface area contributed by atoms with Crippen molar-refractivity contribution in [3.05, 3.63) is 148 Å². The number of rotatable bonds is 8. The summed E-state index contributed by atoms with van der Waals surface area (Å²) in [4.78, 5) is 27.3. The van der Waals surface area contributed by atoms with Gasteiger partial charge in [0, 0.05) is 31.7 Å². The van der Waals surface area contributed by atoms with Gasteiger partial charge in [0.1, 0.15) is 0 Å². The fourth-order valence-corrected chi connectivity index (χ4v) is 9.29. The highest BCUT2D eigenvalue weighted by molar-refractivity contribution is 7.89. The molecule has 0 atom stereocenters. The summed E-state index contributed by atoms with van der Waals surface area (Å²) in [5.74, 6) is -1.18. The van der Waals surface area contributed by atoms with Crippen LogP contribution in [0.1, 0.15) is 62.4 Å². The molecule has 0 saturated heterocycles. The van der Waals surface area contributed by atoms with E-state index in [1.165, 1.54) is 8.61 Å². The van der Waals surface area contributed by atoms with Crippen molar-refractivity contribution in [1.82, 2.24) is 8.61 Å². The molecule has 0 saturated carbocycles. The highest BCUT2D eigenvalue weighted by Crippen LogP contribution is 2.39. The maximum atomic E-state index is 14.1. The number of carbonyl (C=O) groups excluding carboxylic acids is 2. The molecule has 3 aliphatic heterocycles. The fraction of sp³-hybridized carbons (Fsp3) is 0.238. The van der Waals surface area contributed by atoms with E-state index in [4.69, 9.17) is 9.47 Å².